The monoisotopic (exact) mass is 283 g/mol. The molecule has 7 nitrogen and oxygen atoms in total. The summed E-state index contributed by atoms with van der Waals surface area (Å²) >= 11 is 0. The van der Waals surface area contributed by atoms with Crippen molar-refractivity contribution in [1.82, 2.24) is 4.90 Å². The van der Waals surface area contributed by atoms with Crippen molar-refractivity contribution in [3.8, 4) is 0 Å². The molecule has 1 amide bonds. The fourth-order valence-electron chi connectivity index (χ4n) is 2.27. The fourth-order valence-corrected chi connectivity index (χ4v) is 2.27. The number of carboxylic acids is 1. The van der Waals surface area contributed by atoms with Crippen molar-refractivity contribution in [1.29, 1.82) is 0 Å². The average molecular weight is 283 g/mol. The molecule has 1 saturated heterocycles. The summed E-state index contributed by atoms with van der Waals surface area (Å²) in [4.78, 5) is 24.8. The SMILES string of the molecule is COCCCN1C(=O)COC(C(=O)O)C1c1ccco1. The van der Waals surface area contributed by atoms with Crippen molar-refractivity contribution >= 4 is 11.9 Å². The van der Waals surface area contributed by atoms with E-state index in [1.54, 1.807) is 19.2 Å². The van der Waals surface area contributed by atoms with E-state index in [0.29, 0.717) is 25.3 Å². The van der Waals surface area contributed by atoms with Crippen molar-refractivity contribution < 1.29 is 28.6 Å². The summed E-state index contributed by atoms with van der Waals surface area (Å²) in [7, 11) is 1.57. The molecule has 1 aliphatic rings. The molecule has 0 aliphatic carbocycles. The van der Waals surface area contributed by atoms with Gasteiger partial charge < -0.3 is 23.9 Å². The van der Waals surface area contributed by atoms with Gasteiger partial charge in [0.1, 0.15) is 18.4 Å². The van der Waals surface area contributed by atoms with Crippen LogP contribution in [-0.2, 0) is 19.1 Å². The Balaban J connectivity index is 2.22. The quantitative estimate of drug-likeness (QED) is 0.772. The molecule has 2 heterocycles. The van der Waals surface area contributed by atoms with Crippen LogP contribution in [0.1, 0.15) is 18.2 Å². The summed E-state index contributed by atoms with van der Waals surface area (Å²) in [6.45, 7) is 0.652. The van der Waals surface area contributed by atoms with Crippen molar-refractivity contribution in [3.05, 3.63) is 24.2 Å². The van der Waals surface area contributed by atoms with Crippen LogP contribution in [0.4, 0.5) is 0 Å². The van der Waals surface area contributed by atoms with Crippen LogP contribution in [0.2, 0.25) is 0 Å². The maximum Gasteiger partial charge on any atom is 0.335 e. The number of aliphatic carboxylic acids is 1. The van der Waals surface area contributed by atoms with E-state index in [9.17, 15) is 14.7 Å². The maximum atomic E-state index is 12.0. The smallest absolute Gasteiger partial charge is 0.335 e. The second kappa shape index (κ2) is 6.53. The van der Waals surface area contributed by atoms with E-state index in [2.05, 4.69) is 0 Å². The molecule has 2 atom stereocenters. The van der Waals surface area contributed by atoms with E-state index in [4.69, 9.17) is 13.9 Å². The highest BCUT2D eigenvalue weighted by molar-refractivity contribution is 5.82. The molecule has 1 aliphatic heterocycles. The first kappa shape index (κ1) is 14.5. The summed E-state index contributed by atoms with van der Waals surface area (Å²) in [6, 6.07) is 2.55. The van der Waals surface area contributed by atoms with Crippen LogP contribution >= 0.6 is 0 Å². The van der Waals surface area contributed by atoms with Crippen LogP contribution in [0.5, 0.6) is 0 Å². The molecule has 110 valence electrons. The lowest BCUT2D eigenvalue weighted by Gasteiger charge is -2.38. The second-order valence-electron chi connectivity index (χ2n) is 4.46. The largest absolute Gasteiger partial charge is 0.479 e. The van der Waals surface area contributed by atoms with E-state index < -0.39 is 18.1 Å². The molecule has 0 bridgehead atoms. The number of methoxy groups -OCH3 is 1. The average Bonchev–Trinajstić information content (AvgIpc) is 2.93. The Morgan fingerprint density at radius 2 is 2.40 bits per heavy atom. The van der Waals surface area contributed by atoms with Crippen molar-refractivity contribution in [2.24, 2.45) is 0 Å². The Labute approximate surface area is 116 Å². The van der Waals surface area contributed by atoms with Crippen molar-refractivity contribution in [2.75, 3.05) is 26.9 Å². The zero-order valence-corrected chi connectivity index (χ0v) is 11.2. The molecule has 0 radical (unpaired) electrons. The van der Waals surface area contributed by atoms with Crippen molar-refractivity contribution in [2.45, 2.75) is 18.6 Å². The highest BCUT2D eigenvalue weighted by Gasteiger charge is 2.43. The zero-order valence-electron chi connectivity index (χ0n) is 11.2. The summed E-state index contributed by atoms with van der Waals surface area (Å²) in [5.74, 6) is -0.960. The van der Waals surface area contributed by atoms with Gasteiger partial charge in [-0.2, -0.15) is 0 Å². The van der Waals surface area contributed by atoms with Gasteiger partial charge in [0.2, 0.25) is 5.91 Å². The molecular weight excluding hydrogens is 266 g/mol. The van der Waals surface area contributed by atoms with Gasteiger partial charge in [0, 0.05) is 20.3 Å². The number of amides is 1. The second-order valence-corrected chi connectivity index (χ2v) is 4.46. The summed E-state index contributed by atoms with van der Waals surface area (Å²) < 4.78 is 15.4. The first-order valence-corrected chi connectivity index (χ1v) is 6.31. The number of hydrogen-bond acceptors (Lipinski definition) is 5. The third-order valence-corrected chi connectivity index (χ3v) is 3.15. The van der Waals surface area contributed by atoms with E-state index in [1.807, 2.05) is 0 Å². The Morgan fingerprint density at radius 3 is 3.00 bits per heavy atom. The van der Waals surface area contributed by atoms with Crippen molar-refractivity contribution in [3.63, 3.8) is 0 Å². The Bertz CT molecular complexity index is 457. The number of hydrogen-bond donors (Lipinski definition) is 1. The van der Waals surface area contributed by atoms with Gasteiger partial charge in [0.15, 0.2) is 6.10 Å². The minimum Gasteiger partial charge on any atom is -0.479 e. The third-order valence-electron chi connectivity index (χ3n) is 3.15. The molecule has 1 aromatic heterocycles. The molecule has 2 unspecified atom stereocenters. The van der Waals surface area contributed by atoms with Crippen LogP contribution in [0.3, 0.4) is 0 Å². The number of carbonyl (C=O) groups excluding carboxylic acids is 1. The van der Waals surface area contributed by atoms with Crippen LogP contribution in [0, 0.1) is 0 Å². The molecule has 1 aromatic rings. The van der Waals surface area contributed by atoms with E-state index in [0.717, 1.165) is 0 Å². The van der Waals surface area contributed by atoms with Gasteiger partial charge in [0.05, 0.1) is 6.26 Å². The molecular formula is C13H17NO6. The maximum absolute atomic E-state index is 12.0. The summed E-state index contributed by atoms with van der Waals surface area (Å²) in [5, 5.41) is 9.25. The lowest BCUT2D eigenvalue weighted by Crippen LogP contribution is -2.52. The minimum absolute atomic E-state index is 0.235. The number of carboxylic acid groups (broad SMARTS) is 1. The fraction of sp³-hybridized carbons (Fsp3) is 0.538. The van der Waals surface area contributed by atoms with Gasteiger partial charge in [-0.15, -0.1) is 0 Å². The standard InChI is InChI=1S/C13H17NO6/c1-18-6-3-5-14-10(15)8-20-12(13(16)17)11(14)9-4-2-7-19-9/h2,4,7,11-12H,3,5-6,8H2,1H3,(H,16,17). The molecule has 1 fully saturated rings. The molecule has 0 spiro atoms. The number of nitrogens with zero attached hydrogens (tertiary/aromatic N) is 1. The van der Waals surface area contributed by atoms with E-state index >= 15 is 0 Å². The topological polar surface area (TPSA) is 89.2 Å². The number of morpholine rings is 1. The van der Waals surface area contributed by atoms with Gasteiger partial charge in [-0.25, -0.2) is 4.79 Å². The predicted molar refractivity (Wildman–Crippen MR) is 67.0 cm³/mol. The Hall–Kier alpha value is -1.86. The number of furan rings is 1. The van der Waals surface area contributed by atoms with E-state index in [1.165, 1.54) is 11.2 Å². The van der Waals surface area contributed by atoms with Crippen LogP contribution in [0.15, 0.2) is 22.8 Å². The first-order valence-electron chi connectivity index (χ1n) is 6.31. The zero-order chi connectivity index (χ0) is 14.5. The lowest BCUT2D eigenvalue weighted by atomic mass is 10.0. The molecule has 2 rings (SSSR count). The third kappa shape index (κ3) is 3.00. The van der Waals surface area contributed by atoms with Gasteiger partial charge in [-0.1, -0.05) is 0 Å². The summed E-state index contributed by atoms with van der Waals surface area (Å²) in [5.41, 5.74) is 0. The highest BCUT2D eigenvalue weighted by atomic mass is 16.5. The lowest BCUT2D eigenvalue weighted by molar-refractivity contribution is -0.174. The molecule has 20 heavy (non-hydrogen) atoms. The number of rotatable bonds is 6. The molecule has 1 N–H and O–H groups in total. The molecule has 7 heteroatoms. The van der Waals surface area contributed by atoms with Crippen LogP contribution in [0.25, 0.3) is 0 Å². The first-order chi connectivity index (χ1) is 9.65. The Morgan fingerprint density at radius 1 is 1.60 bits per heavy atom. The van der Waals surface area contributed by atoms with Gasteiger partial charge in [-0.3, -0.25) is 4.79 Å². The number of carbonyl (C=O) groups is 2. The van der Waals surface area contributed by atoms with Gasteiger partial charge in [0.25, 0.3) is 0 Å². The van der Waals surface area contributed by atoms with Crippen LogP contribution in [-0.4, -0.2) is 54.9 Å². The molecule has 0 aromatic carbocycles. The van der Waals surface area contributed by atoms with Gasteiger partial charge >= 0.3 is 5.97 Å². The normalized spacial score (nSPS) is 23.1. The predicted octanol–water partition coefficient (Wildman–Crippen LogP) is 0.669. The Kier molecular flexibility index (Phi) is 4.75. The highest BCUT2D eigenvalue weighted by Crippen LogP contribution is 2.30. The van der Waals surface area contributed by atoms with Gasteiger partial charge in [-0.05, 0) is 18.6 Å². The van der Waals surface area contributed by atoms with Crippen LogP contribution < -0.4 is 0 Å². The number of ether oxygens (including phenoxy) is 2. The van der Waals surface area contributed by atoms with E-state index in [-0.39, 0.29) is 12.5 Å². The minimum atomic E-state index is -1.12. The molecule has 0 saturated carbocycles. The summed E-state index contributed by atoms with van der Waals surface area (Å²) in [6.07, 6.45) is 0.938.